The van der Waals surface area contributed by atoms with E-state index >= 15 is 0 Å². The highest BCUT2D eigenvalue weighted by Crippen LogP contribution is 2.28. The van der Waals surface area contributed by atoms with Crippen molar-refractivity contribution in [2.45, 2.75) is 26.3 Å². The molecule has 190 valence electrons. The van der Waals surface area contributed by atoms with E-state index in [1.165, 1.54) is 4.90 Å². The number of benzene rings is 3. The van der Waals surface area contributed by atoms with Gasteiger partial charge in [-0.1, -0.05) is 97.7 Å². The van der Waals surface area contributed by atoms with E-state index in [1.54, 1.807) is 10.7 Å². The second kappa shape index (κ2) is 12.7. The van der Waals surface area contributed by atoms with Crippen LogP contribution in [0.3, 0.4) is 0 Å². The molecule has 0 saturated carbocycles. The molecule has 4 rings (SSSR count). The van der Waals surface area contributed by atoms with Gasteiger partial charge in [-0.05, 0) is 24.1 Å². The molecule has 0 saturated heterocycles. The van der Waals surface area contributed by atoms with Gasteiger partial charge in [0.25, 0.3) is 0 Å². The quantitative estimate of drug-likeness (QED) is 0.266. The number of rotatable bonds is 10. The Balaban J connectivity index is 1.52. The average Bonchev–Trinajstić information content (AvgIpc) is 3.34. The number of carbonyl (C=O) groups is 2. The highest BCUT2D eigenvalue weighted by molar-refractivity contribution is 6.32. The van der Waals surface area contributed by atoms with Crippen molar-refractivity contribution in [3.63, 3.8) is 0 Å². The van der Waals surface area contributed by atoms with Crippen LogP contribution in [-0.2, 0) is 11.3 Å². The maximum atomic E-state index is 13.2. The zero-order valence-electron chi connectivity index (χ0n) is 20.7. The summed E-state index contributed by atoms with van der Waals surface area (Å²) in [5.41, 5.74) is 3.24. The SMILES string of the molecule is CCCCN(CC(=O)Nc1cc(-c2ccccc2)nn1-c1ccccc1Cl)C(=O)NCc1ccccc1. The molecule has 0 bridgehead atoms. The number of carbonyl (C=O) groups excluding carboxylic acids is 2. The van der Waals surface area contributed by atoms with Gasteiger partial charge < -0.3 is 15.5 Å². The fourth-order valence-electron chi connectivity index (χ4n) is 3.87. The van der Waals surface area contributed by atoms with E-state index in [-0.39, 0.29) is 18.5 Å². The molecular formula is C29H30ClN5O2. The summed E-state index contributed by atoms with van der Waals surface area (Å²) >= 11 is 6.46. The second-order valence-corrected chi connectivity index (χ2v) is 9.02. The van der Waals surface area contributed by atoms with E-state index in [4.69, 9.17) is 16.7 Å². The molecular weight excluding hydrogens is 486 g/mol. The van der Waals surface area contributed by atoms with Crippen LogP contribution in [-0.4, -0.2) is 39.7 Å². The van der Waals surface area contributed by atoms with Gasteiger partial charge in [0.05, 0.1) is 16.4 Å². The fourth-order valence-corrected chi connectivity index (χ4v) is 4.09. The van der Waals surface area contributed by atoms with Crippen molar-refractivity contribution in [2.24, 2.45) is 0 Å². The van der Waals surface area contributed by atoms with Gasteiger partial charge >= 0.3 is 6.03 Å². The van der Waals surface area contributed by atoms with Crippen LogP contribution < -0.4 is 10.6 Å². The van der Waals surface area contributed by atoms with Crippen molar-refractivity contribution in [1.29, 1.82) is 0 Å². The smallest absolute Gasteiger partial charge is 0.318 e. The molecule has 0 atom stereocenters. The molecule has 0 unspecified atom stereocenters. The molecule has 8 heteroatoms. The number of amides is 3. The maximum Gasteiger partial charge on any atom is 0.318 e. The third-order valence-corrected chi connectivity index (χ3v) is 6.14. The van der Waals surface area contributed by atoms with Crippen molar-refractivity contribution < 1.29 is 9.59 Å². The van der Waals surface area contributed by atoms with Gasteiger partial charge in [-0.15, -0.1) is 0 Å². The Kier molecular flexibility index (Phi) is 8.94. The minimum Gasteiger partial charge on any atom is -0.334 e. The summed E-state index contributed by atoms with van der Waals surface area (Å²) in [5.74, 6) is 0.149. The molecule has 1 aromatic heterocycles. The molecule has 2 N–H and O–H groups in total. The number of hydrogen-bond acceptors (Lipinski definition) is 3. The number of nitrogens with zero attached hydrogens (tertiary/aromatic N) is 3. The summed E-state index contributed by atoms with van der Waals surface area (Å²) in [6, 6.07) is 28.2. The predicted molar refractivity (Wildman–Crippen MR) is 148 cm³/mol. The zero-order chi connectivity index (χ0) is 26.0. The van der Waals surface area contributed by atoms with Crippen LogP contribution in [0.2, 0.25) is 5.02 Å². The summed E-state index contributed by atoms with van der Waals surface area (Å²) in [4.78, 5) is 27.6. The second-order valence-electron chi connectivity index (χ2n) is 8.61. The first kappa shape index (κ1) is 26.0. The number of nitrogens with one attached hydrogen (secondary N) is 2. The van der Waals surface area contributed by atoms with Gasteiger partial charge in [-0.25, -0.2) is 9.48 Å². The number of para-hydroxylation sites is 1. The first-order valence-corrected chi connectivity index (χ1v) is 12.7. The van der Waals surface area contributed by atoms with Crippen LogP contribution in [0.25, 0.3) is 16.9 Å². The normalized spacial score (nSPS) is 10.6. The average molecular weight is 516 g/mol. The molecule has 0 aliphatic rings. The van der Waals surface area contributed by atoms with Crippen molar-refractivity contribution in [3.8, 4) is 16.9 Å². The Morgan fingerprint density at radius 3 is 2.32 bits per heavy atom. The zero-order valence-corrected chi connectivity index (χ0v) is 21.5. The first-order chi connectivity index (χ1) is 18.0. The number of unbranched alkanes of at least 4 members (excludes halogenated alkanes) is 1. The third kappa shape index (κ3) is 6.98. The van der Waals surface area contributed by atoms with Crippen LogP contribution in [0, 0.1) is 0 Å². The van der Waals surface area contributed by atoms with Gasteiger partial charge in [-0.3, -0.25) is 4.79 Å². The molecule has 7 nitrogen and oxygen atoms in total. The lowest BCUT2D eigenvalue weighted by Crippen LogP contribution is -2.44. The van der Waals surface area contributed by atoms with Crippen molar-refractivity contribution in [1.82, 2.24) is 20.0 Å². The minimum atomic E-state index is -0.321. The molecule has 0 aliphatic carbocycles. The molecule has 4 aromatic rings. The van der Waals surface area contributed by atoms with E-state index in [2.05, 4.69) is 10.6 Å². The van der Waals surface area contributed by atoms with Gasteiger partial charge in [0, 0.05) is 24.7 Å². The lowest BCUT2D eigenvalue weighted by atomic mass is 10.1. The van der Waals surface area contributed by atoms with Crippen LogP contribution in [0.1, 0.15) is 25.3 Å². The van der Waals surface area contributed by atoms with Crippen LogP contribution in [0.5, 0.6) is 0 Å². The summed E-state index contributed by atoms with van der Waals surface area (Å²) in [7, 11) is 0. The van der Waals surface area contributed by atoms with Crippen LogP contribution >= 0.6 is 11.6 Å². The van der Waals surface area contributed by atoms with Gasteiger partial charge in [0.15, 0.2) is 0 Å². The molecule has 0 radical (unpaired) electrons. The summed E-state index contributed by atoms with van der Waals surface area (Å²) in [6.45, 7) is 2.83. The Hall–Kier alpha value is -4.10. The molecule has 0 fully saturated rings. The topological polar surface area (TPSA) is 79.3 Å². The molecule has 3 aromatic carbocycles. The van der Waals surface area contributed by atoms with Gasteiger partial charge in [0.2, 0.25) is 5.91 Å². The van der Waals surface area contributed by atoms with Crippen molar-refractivity contribution >= 4 is 29.4 Å². The highest BCUT2D eigenvalue weighted by Gasteiger charge is 2.20. The van der Waals surface area contributed by atoms with Gasteiger partial charge in [-0.2, -0.15) is 5.10 Å². The Morgan fingerprint density at radius 1 is 0.946 bits per heavy atom. The molecule has 0 aliphatic heterocycles. The third-order valence-electron chi connectivity index (χ3n) is 5.82. The standard InChI is InChI=1S/C29H30ClN5O2/c1-2-3-18-34(29(37)31-20-22-12-6-4-7-13-22)21-28(36)32-27-19-25(23-14-8-5-9-15-23)33-35(27)26-17-11-10-16-24(26)30/h4-17,19H,2-3,18,20-21H2,1H3,(H,31,37)(H,32,36). The van der Waals surface area contributed by atoms with Crippen LogP contribution in [0.4, 0.5) is 10.6 Å². The minimum absolute atomic E-state index is 0.0883. The molecule has 1 heterocycles. The largest absolute Gasteiger partial charge is 0.334 e. The van der Waals surface area contributed by atoms with Crippen molar-refractivity contribution in [2.75, 3.05) is 18.4 Å². The van der Waals surface area contributed by atoms with Crippen LogP contribution in [0.15, 0.2) is 91.0 Å². The predicted octanol–water partition coefficient (Wildman–Crippen LogP) is 6.14. The molecule has 3 amide bonds. The fraction of sp³-hybridized carbons (Fsp3) is 0.207. The highest BCUT2D eigenvalue weighted by atomic mass is 35.5. The van der Waals surface area contributed by atoms with E-state index in [9.17, 15) is 9.59 Å². The molecule has 0 spiro atoms. The van der Waals surface area contributed by atoms with E-state index in [0.717, 1.165) is 24.0 Å². The number of urea groups is 1. The van der Waals surface area contributed by atoms with E-state index in [1.807, 2.05) is 91.9 Å². The maximum absolute atomic E-state index is 13.2. The van der Waals surface area contributed by atoms with Gasteiger partial charge in [0.1, 0.15) is 12.4 Å². The first-order valence-electron chi connectivity index (χ1n) is 12.3. The number of hydrogen-bond donors (Lipinski definition) is 2. The van der Waals surface area contributed by atoms with E-state index in [0.29, 0.717) is 35.3 Å². The summed E-state index contributed by atoms with van der Waals surface area (Å²) in [5, 5.41) is 11.1. The van der Waals surface area contributed by atoms with E-state index < -0.39 is 0 Å². The monoisotopic (exact) mass is 515 g/mol. The Labute approximate surface area is 222 Å². The summed E-state index contributed by atoms with van der Waals surface area (Å²) < 4.78 is 1.62. The number of halogens is 1. The molecule has 37 heavy (non-hydrogen) atoms. The summed E-state index contributed by atoms with van der Waals surface area (Å²) in [6.07, 6.45) is 1.70. The Bertz CT molecular complexity index is 1320. The lowest BCUT2D eigenvalue weighted by molar-refractivity contribution is -0.116. The lowest BCUT2D eigenvalue weighted by Gasteiger charge is -2.22. The Morgan fingerprint density at radius 2 is 1.62 bits per heavy atom. The number of aromatic nitrogens is 2. The number of anilines is 1. The van der Waals surface area contributed by atoms with Crippen molar-refractivity contribution in [3.05, 3.63) is 102 Å².